The van der Waals surface area contributed by atoms with E-state index in [2.05, 4.69) is 0 Å². The highest BCUT2D eigenvalue weighted by atomic mass is 16.5. The monoisotopic (exact) mass is 190 g/mol. The van der Waals surface area contributed by atoms with Crippen molar-refractivity contribution in [2.75, 3.05) is 6.61 Å². The van der Waals surface area contributed by atoms with Crippen LogP contribution in [0.5, 0.6) is 5.75 Å². The molecule has 1 aromatic rings. The van der Waals surface area contributed by atoms with Crippen LogP contribution >= 0.6 is 0 Å². The molecule has 1 aliphatic rings. The number of carbonyl (C=O) groups is 1. The molecular formula is C12H14O2. The molecule has 0 saturated carbocycles. The van der Waals surface area contributed by atoms with Crippen LogP contribution in [-0.4, -0.2) is 12.4 Å². The fourth-order valence-corrected chi connectivity index (χ4v) is 1.85. The number of benzene rings is 1. The van der Waals surface area contributed by atoms with Crippen LogP contribution in [0.4, 0.5) is 0 Å². The molecule has 1 unspecified atom stereocenters. The number of hydrogen-bond acceptors (Lipinski definition) is 2. The molecule has 0 aromatic heterocycles. The molecule has 2 nitrogen and oxygen atoms in total. The molecule has 0 bridgehead atoms. The van der Waals surface area contributed by atoms with Crippen molar-refractivity contribution in [3.63, 3.8) is 0 Å². The summed E-state index contributed by atoms with van der Waals surface area (Å²) in [5, 5.41) is 0. The molecule has 14 heavy (non-hydrogen) atoms. The first-order chi connectivity index (χ1) is 6.68. The summed E-state index contributed by atoms with van der Waals surface area (Å²) in [6.07, 6.45) is 0.826. The minimum Gasteiger partial charge on any atom is -0.492 e. The first-order valence-electron chi connectivity index (χ1n) is 4.90. The van der Waals surface area contributed by atoms with Gasteiger partial charge in [0.25, 0.3) is 0 Å². The number of rotatable bonds is 1. The molecule has 0 aliphatic carbocycles. The van der Waals surface area contributed by atoms with Crippen molar-refractivity contribution in [3.05, 3.63) is 29.3 Å². The molecule has 0 N–H and O–H groups in total. The summed E-state index contributed by atoms with van der Waals surface area (Å²) in [5.41, 5.74) is 2.32. The average Bonchev–Trinajstić information content (AvgIpc) is 2.17. The Hall–Kier alpha value is -1.31. The lowest BCUT2D eigenvalue weighted by atomic mass is 9.93. The number of Topliss-reactive ketones (excluding diaryl/α,β-unsaturated/α-hetero) is 1. The summed E-state index contributed by atoms with van der Waals surface area (Å²) < 4.78 is 5.61. The lowest BCUT2D eigenvalue weighted by Gasteiger charge is -2.24. The van der Waals surface area contributed by atoms with E-state index < -0.39 is 0 Å². The number of ketones is 1. The Kier molecular flexibility index (Phi) is 2.28. The Morgan fingerprint density at radius 1 is 1.50 bits per heavy atom. The molecular weight excluding hydrogens is 176 g/mol. The van der Waals surface area contributed by atoms with E-state index in [4.69, 9.17) is 4.74 Å². The van der Waals surface area contributed by atoms with Gasteiger partial charge in [0.2, 0.25) is 0 Å². The van der Waals surface area contributed by atoms with Gasteiger partial charge in [0.1, 0.15) is 11.5 Å². The number of ether oxygens (including phenoxy) is 1. The van der Waals surface area contributed by atoms with Crippen LogP contribution in [-0.2, 0) is 11.2 Å². The highest BCUT2D eigenvalue weighted by Crippen LogP contribution is 2.30. The van der Waals surface area contributed by atoms with Crippen molar-refractivity contribution in [1.82, 2.24) is 0 Å². The fraction of sp³-hybridized carbons (Fsp3) is 0.417. The van der Waals surface area contributed by atoms with Gasteiger partial charge in [-0.1, -0.05) is 18.2 Å². The Bertz CT molecular complexity index is 369. The Balaban J connectivity index is 2.31. The summed E-state index contributed by atoms with van der Waals surface area (Å²) in [7, 11) is 0. The second-order valence-corrected chi connectivity index (χ2v) is 3.89. The van der Waals surface area contributed by atoms with Gasteiger partial charge in [-0.2, -0.15) is 0 Å². The SMILES string of the molecule is CC(=O)C1COc2c(C)cccc2C1. The molecule has 1 aliphatic heterocycles. The Morgan fingerprint density at radius 2 is 2.29 bits per heavy atom. The van der Waals surface area contributed by atoms with Crippen molar-refractivity contribution in [3.8, 4) is 5.75 Å². The summed E-state index contributed by atoms with van der Waals surface area (Å²) in [5.74, 6) is 1.24. The molecule has 0 spiro atoms. The minimum absolute atomic E-state index is 0.0456. The zero-order valence-corrected chi connectivity index (χ0v) is 8.54. The van der Waals surface area contributed by atoms with E-state index in [0.717, 1.165) is 23.3 Å². The average molecular weight is 190 g/mol. The molecule has 1 heterocycles. The minimum atomic E-state index is 0.0456. The maximum atomic E-state index is 11.2. The van der Waals surface area contributed by atoms with Gasteiger partial charge in [-0.15, -0.1) is 0 Å². The van der Waals surface area contributed by atoms with Crippen LogP contribution in [0, 0.1) is 12.8 Å². The van der Waals surface area contributed by atoms with Crippen molar-refractivity contribution in [1.29, 1.82) is 0 Å². The smallest absolute Gasteiger partial charge is 0.136 e. The third-order valence-corrected chi connectivity index (χ3v) is 2.76. The van der Waals surface area contributed by atoms with Gasteiger partial charge in [0.05, 0.1) is 12.5 Å². The van der Waals surface area contributed by atoms with E-state index in [1.165, 1.54) is 0 Å². The fourth-order valence-electron chi connectivity index (χ4n) is 1.85. The van der Waals surface area contributed by atoms with E-state index in [0.29, 0.717) is 6.61 Å². The van der Waals surface area contributed by atoms with Gasteiger partial charge < -0.3 is 4.74 Å². The molecule has 0 saturated heterocycles. The molecule has 0 fully saturated rings. The predicted molar refractivity (Wildman–Crippen MR) is 54.5 cm³/mol. The Labute approximate surface area is 83.9 Å². The van der Waals surface area contributed by atoms with Crippen molar-refractivity contribution < 1.29 is 9.53 Å². The largest absolute Gasteiger partial charge is 0.492 e. The van der Waals surface area contributed by atoms with E-state index in [1.54, 1.807) is 6.92 Å². The van der Waals surface area contributed by atoms with Crippen molar-refractivity contribution >= 4 is 5.78 Å². The van der Waals surface area contributed by atoms with E-state index in [-0.39, 0.29) is 11.7 Å². The summed E-state index contributed by atoms with van der Waals surface area (Å²) in [4.78, 5) is 11.2. The second kappa shape index (κ2) is 3.45. The number of aryl methyl sites for hydroxylation is 1. The molecule has 2 rings (SSSR count). The van der Waals surface area contributed by atoms with Gasteiger partial charge >= 0.3 is 0 Å². The molecule has 0 amide bonds. The van der Waals surface area contributed by atoms with Gasteiger partial charge in [0.15, 0.2) is 0 Å². The van der Waals surface area contributed by atoms with Gasteiger partial charge in [0, 0.05) is 0 Å². The molecule has 1 aromatic carbocycles. The zero-order valence-electron chi connectivity index (χ0n) is 8.54. The van der Waals surface area contributed by atoms with E-state index >= 15 is 0 Å². The third kappa shape index (κ3) is 1.52. The van der Waals surface area contributed by atoms with Gasteiger partial charge in [-0.3, -0.25) is 4.79 Å². The van der Waals surface area contributed by atoms with Crippen molar-refractivity contribution in [2.45, 2.75) is 20.3 Å². The first kappa shape index (κ1) is 9.25. The maximum Gasteiger partial charge on any atom is 0.136 e. The Morgan fingerprint density at radius 3 is 3.00 bits per heavy atom. The molecule has 1 atom stereocenters. The topological polar surface area (TPSA) is 26.3 Å². The number of para-hydroxylation sites is 1. The van der Waals surface area contributed by atoms with Crippen LogP contribution in [0.1, 0.15) is 18.1 Å². The van der Waals surface area contributed by atoms with Crippen molar-refractivity contribution in [2.24, 2.45) is 5.92 Å². The summed E-state index contributed by atoms with van der Waals surface area (Å²) in [6, 6.07) is 6.09. The quantitative estimate of drug-likeness (QED) is 0.678. The highest BCUT2D eigenvalue weighted by Gasteiger charge is 2.23. The second-order valence-electron chi connectivity index (χ2n) is 3.89. The van der Waals surface area contributed by atoms with Crippen LogP contribution < -0.4 is 4.74 Å². The normalized spacial score (nSPS) is 19.7. The molecule has 0 radical (unpaired) electrons. The van der Waals surface area contributed by atoms with E-state index in [9.17, 15) is 4.79 Å². The highest BCUT2D eigenvalue weighted by molar-refractivity contribution is 5.79. The lowest BCUT2D eigenvalue weighted by molar-refractivity contribution is -0.121. The van der Waals surface area contributed by atoms with Crippen LogP contribution in [0.2, 0.25) is 0 Å². The first-order valence-corrected chi connectivity index (χ1v) is 4.90. The summed E-state index contributed by atoms with van der Waals surface area (Å²) >= 11 is 0. The molecule has 74 valence electrons. The predicted octanol–water partition coefficient (Wildman–Crippen LogP) is 2.14. The van der Waals surface area contributed by atoms with E-state index in [1.807, 2.05) is 25.1 Å². The third-order valence-electron chi connectivity index (χ3n) is 2.76. The maximum absolute atomic E-state index is 11.2. The lowest BCUT2D eigenvalue weighted by Crippen LogP contribution is -2.26. The zero-order chi connectivity index (χ0) is 10.1. The molecule has 2 heteroatoms. The number of hydrogen-bond donors (Lipinski definition) is 0. The van der Waals surface area contributed by atoms with Gasteiger partial charge in [-0.25, -0.2) is 0 Å². The summed E-state index contributed by atoms with van der Waals surface area (Å²) in [6.45, 7) is 4.20. The van der Waals surface area contributed by atoms with Gasteiger partial charge in [-0.05, 0) is 31.4 Å². The number of fused-ring (bicyclic) bond motifs is 1. The van der Waals surface area contributed by atoms with Crippen LogP contribution in [0.3, 0.4) is 0 Å². The number of carbonyl (C=O) groups excluding carboxylic acids is 1. The standard InChI is InChI=1S/C12H14O2/c1-8-4-3-5-10-6-11(9(2)13)7-14-12(8)10/h3-5,11H,6-7H2,1-2H3. The van der Waals surface area contributed by atoms with Crippen LogP contribution in [0.15, 0.2) is 18.2 Å². The van der Waals surface area contributed by atoms with Crippen LogP contribution in [0.25, 0.3) is 0 Å².